The zero-order chi connectivity index (χ0) is 17.1. The normalized spacial score (nSPS) is 10.6. The van der Waals surface area contributed by atoms with Crippen LogP contribution in [0.1, 0.15) is 21.6 Å². The highest BCUT2D eigenvalue weighted by Crippen LogP contribution is 2.31. The highest BCUT2D eigenvalue weighted by atomic mass is 35.5. The van der Waals surface area contributed by atoms with Crippen molar-refractivity contribution < 1.29 is 14.3 Å². The maximum Gasteiger partial charge on any atom is 0.341 e. The van der Waals surface area contributed by atoms with Crippen molar-refractivity contribution in [2.24, 2.45) is 0 Å². The van der Waals surface area contributed by atoms with Crippen molar-refractivity contribution in [1.29, 1.82) is 0 Å². The Morgan fingerprint density at radius 2 is 1.92 bits per heavy atom. The third-order valence-corrected chi connectivity index (χ3v) is 3.94. The molecule has 0 aliphatic carbocycles. The van der Waals surface area contributed by atoms with Crippen molar-refractivity contribution >= 4 is 28.5 Å². The first kappa shape index (κ1) is 16.3. The van der Waals surface area contributed by atoms with Crippen LogP contribution in [0.2, 0.25) is 5.02 Å². The number of hydrogen-bond donors (Lipinski definition) is 0. The van der Waals surface area contributed by atoms with E-state index >= 15 is 0 Å². The van der Waals surface area contributed by atoms with Crippen molar-refractivity contribution in [3.8, 4) is 5.75 Å². The van der Waals surface area contributed by atoms with E-state index in [0.29, 0.717) is 28.5 Å². The molecule has 0 fully saturated rings. The van der Waals surface area contributed by atoms with Crippen molar-refractivity contribution in [2.45, 2.75) is 13.5 Å². The van der Waals surface area contributed by atoms with E-state index in [-0.39, 0.29) is 0 Å². The Hall–Kier alpha value is -2.59. The van der Waals surface area contributed by atoms with E-state index in [1.807, 2.05) is 37.3 Å². The molecule has 0 N–H and O–H groups in total. The number of carbonyl (C=O) groups excluding carboxylic acids is 1. The number of halogens is 1. The van der Waals surface area contributed by atoms with Gasteiger partial charge in [0.2, 0.25) is 0 Å². The van der Waals surface area contributed by atoms with Gasteiger partial charge in [-0.15, -0.1) is 0 Å². The highest BCUT2D eigenvalue weighted by Gasteiger charge is 2.17. The second-order valence-electron chi connectivity index (χ2n) is 5.38. The largest absolute Gasteiger partial charge is 0.488 e. The number of methoxy groups -OCH3 is 1. The van der Waals surface area contributed by atoms with Gasteiger partial charge >= 0.3 is 5.97 Å². The fraction of sp³-hybridized carbons (Fsp3) is 0.158. The van der Waals surface area contributed by atoms with Crippen LogP contribution in [0.15, 0.2) is 48.5 Å². The van der Waals surface area contributed by atoms with E-state index in [1.165, 1.54) is 7.11 Å². The molecule has 4 nitrogen and oxygen atoms in total. The van der Waals surface area contributed by atoms with E-state index in [2.05, 4.69) is 4.98 Å². The molecule has 0 spiro atoms. The first-order valence-corrected chi connectivity index (χ1v) is 7.82. The van der Waals surface area contributed by atoms with Crippen LogP contribution < -0.4 is 4.74 Å². The van der Waals surface area contributed by atoms with Crippen LogP contribution in [0.25, 0.3) is 10.9 Å². The van der Waals surface area contributed by atoms with E-state index < -0.39 is 5.97 Å². The molecule has 3 aromatic rings. The van der Waals surface area contributed by atoms with Crippen LogP contribution in [0.4, 0.5) is 0 Å². The molecule has 0 aliphatic heterocycles. The topological polar surface area (TPSA) is 48.4 Å². The minimum Gasteiger partial charge on any atom is -0.488 e. The third-order valence-electron chi connectivity index (χ3n) is 3.63. The lowest BCUT2D eigenvalue weighted by Gasteiger charge is -2.13. The van der Waals surface area contributed by atoms with Crippen LogP contribution in [0, 0.1) is 6.92 Å². The molecule has 2 aromatic carbocycles. The zero-order valence-corrected chi connectivity index (χ0v) is 14.1. The van der Waals surface area contributed by atoms with Gasteiger partial charge in [-0.2, -0.15) is 0 Å². The quantitative estimate of drug-likeness (QED) is 0.652. The fourth-order valence-electron chi connectivity index (χ4n) is 2.46. The second-order valence-corrected chi connectivity index (χ2v) is 5.78. The van der Waals surface area contributed by atoms with E-state index in [9.17, 15) is 4.79 Å². The molecule has 0 radical (unpaired) electrons. The molecular weight excluding hydrogens is 326 g/mol. The minimum atomic E-state index is -0.473. The Morgan fingerprint density at radius 3 is 2.62 bits per heavy atom. The van der Waals surface area contributed by atoms with E-state index in [1.54, 1.807) is 18.2 Å². The van der Waals surface area contributed by atoms with E-state index in [0.717, 1.165) is 16.6 Å². The van der Waals surface area contributed by atoms with Gasteiger partial charge in [-0.1, -0.05) is 41.9 Å². The van der Waals surface area contributed by atoms with E-state index in [4.69, 9.17) is 21.1 Å². The minimum absolute atomic E-state index is 0.329. The van der Waals surface area contributed by atoms with Gasteiger partial charge in [0.05, 0.1) is 17.6 Å². The molecule has 122 valence electrons. The van der Waals surface area contributed by atoms with Gasteiger partial charge in [-0.25, -0.2) is 4.79 Å². The fourth-order valence-corrected chi connectivity index (χ4v) is 2.77. The predicted octanol–water partition coefficient (Wildman–Crippen LogP) is 4.56. The van der Waals surface area contributed by atoms with Crippen LogP contribution >= 0.6 is 11.6 Å². The summed E-state index contributed by atoms with van der Waals surface area (Å²) in [6.07, 6.45) is 0. The van der Waals surface area contributed by atoms with Crippen molar-refractivity contribution in [3.63, 3.8) is 0 Å². The number of aryl methyl sites for hydroxylation is 1. The van der Waals surface area contributed by atoms with Gasteiger partial charge in [0.1, 0.15) is 17.9 Å². The summed E-state index contributed by atoms with van der Waals surface area (Å²) in [5.74, 6) is -0.0508. The number of ether oxygens (including phenoxy) is 2. The summed E-state index contributed by atoms with van der Waals surface area (Å²) in [4.78, 5) is 16.5. The summed E-state index contributed by atoms with van der Waals surface area (Å²) < 4.78 is 10.7. The molecule has 3 rings (SSSR count). The maximum absolute atomic E-state index is 12.1. The Labute approximate surface area is 145 Å². The van der Waals surface area contributed by atoms with Gasteiger partial charge < -0.3 is 9.47 Å². The van der Waals surface area contributed by atoms with Gasteiger partial charge in [-0.05, 0) is 30.7 Å². The Kier molecular flexibility index (Phi) is 4.67. The van der Waals surface area contributed by atoms with Crippen molar-refractivity contribution in [3.05, 3.63) is 70.4 Å². The number of pyridine rings is 1. The Balaban J connectivity index is 2.05. The van der Waals surface area contributed by atoms with Gasteiger partial charge in [0.25, 0.3) is 0 Å². The number of hydrogen-bond acceptors (Lipinski definition) is 4. The number of nitrogens with zero attached hydrogens (tertiary/aromatic N) is 1. The number of esters is 1. The lowest BCUT2D eigenvalue weighted by molar-refractivity contribution is 0.0595. The zero-order valence-electron chi connectivity index (χ0n) is 13.4. The lowest BCUT2D eigenvalue weighted by atomic mass is 10.1. The Morgan fingerprint density at radius 1 is 1.17 bits per heavy atom. The molecule has 0 bridgehead atoms. The SMILES string of the molecule is COC(=O)c1cc2nc(C)cc(Cl)c2cc1OCc1ccccc1. The van der Waals surface area contributed by atoms with Gasteiger partial charge in [-0.3, -0.25) is 4.98 Å². The molecule has 0 saturated heterocycles. The summed E-state index contributed by atoms with van der Waals surface area (Å²) in [6.45, 7) is 2.19. The average molecular weight is 342 g/mol. The molecule has 0 unspecified atom stereocenters. The monoisotopic (exact) mass is 341 g/mol. The average Bonchev–Trinajstić information content (AvgIpc) is 2.59. The standard InChI is InChI=1S/C19H16ClNO3/c1-12-8-16(20)14-10-18(24-11-13-6-4-3-5-7-13)15(19(22)23-2)9-17(14)21-12/h3-10H,11H2,1-2H3. The second kappa shape index (κ2) is 6.89. The Bertz CT molecular complexity index is 894. The first-order valence-electron chi connectivity index (χ1n) is 7.44. The summed E-state index contributed by atoms with van der Waals surface area (Å²) in [5, 5.41) is 1.30. The van der Waals surface area contributed by atoms with Crippen LogP contribution in [0.3, 0.4) is 0 Å². The predicted molar refractivity (Wildman–Crippen MR) is 93.6 cm³/mol. The number of aromatic nitrogens is 1. The molecule has 24 heavy (non-hydrogen) atoms. The highest BCUT2D eigenvalue weighted by molar-refractivity contribution is 6.35. The summed E-state index contributed by atoms with van der Waals surface area (Å²) in [6, 6.07) is 14.9. The summed E-state index contributed by atoms with van der Waals surface area (Å²) in [5.41, 5.74) is 2.74. The van der Waals surface area contributed by atoms with Crippen LogP contribution in [0.5, 0.6) is 5.75 Å². The maximum atomic E-state index is 12.1. The van der Waals surface area contributed by atoms with Crippen molar-refractivity contribution in [2.75, 3.05) is 7.11 Å². The molecule has 1 aromatic heterocycles. The molecule has 1 heterocycles. The number of benzene rings is 2. The molecule has 0 atom stereocenters. The lowest BCUT2D eigenvalue weighted by Crippen LogP contribution is -2.06. The third kappa shape index (κ3) is 3.34. The number of fused-ring (bicyclic) bond motifs is 1. The molecular formula is C19H16ClNO3. The van der Waals surface area contributed by atoms with Gasteiger partial charge in [0.15, 0.2) is 0 Å². The molecule has 0 amide bonds. The van der Waals surface area contributed by atoms with Crippen molar-refractivity contribution in [1.82, 2.24) is 4.98 Å². The number of rotatable bonds is 4. The number of carbonyl (C=O) groups is 1. The first-order chi connectivity index (χ1) is 11.6. The summed E-state index contributed by atoms with van der Waals surface area (Å²) >= 11 is 6.31. The van der Waals surface area contributed by atoms with Crippen LogP contribution in [-0.2, 0) is 11.3 Å². The van der Waals surface area contributed by atoms with Crippen LogP contribution in [-0.4, -0.2) is 18.1 Å². The molecule has 5 heteroatoms. The van der Waals surface area contributed by atoms with Gasteiger partial charge in [0, 0.05) is 11.1 Å². The summed E-state index contributed by atoms with van der Waals surface area (Å²) in [7, 11) is 1.34. The molecule has 0 aliphatic rings. The smallest absolute Gasteiger partial charge is 0.341 e. The molecule has 0 saturated carbocycles.